The third-order valence-electron chi connectivity index (χ3n) is 4.25. The van der Waals surface area contributed by atoms with Gasteiger partial charge < -0.3 is 10.4 Å². The zero-order chi connectivity index (χ0) is 18.7. The molecule has 0 atom stereocenters. The maximum atomic E-state index is 11.3. The molecule has 0 aliphatic rings. The van der Waals surface area contributed by atoms with Crippen LogP contribution in [0.5, 0.6) is 0 Å². The van der Waals surface area contributed by atoms with Crippen molar-refractivity contribution in [2.45, 2.75) is 25.8 Å². The Morgan fingerprint density at radius 2 is 1.88 bits per heavy atom. The Hall–Kier alpha value is -2.67. The van der Waals surface area contributed by atoms with Crippen molar-refractivity contribution in [1.29, 1.82) is 0 Å². The molecule has 0 amide bonds. The minimum Gasteiger partial charge on any atom is -0.481 e. The number of rotatable bonds is 6. The van der Waals surface area contributed by atoms with Gasteiger partial charge in [0.2, 0.25) is 0 Å². The van der Waals surface area contributed by atoms with E-state index in [-0.39, 0.29) is 0 Å². The number of nitrogens with zero attached hydrogens (tertiary/aromatic N) is 3. The number of aromatic nitrogens is 3. The lowest BCUT2D eigenvalue weighted by Gasteiger charge is -2.19. The summed E-state index contributed by atoms with van der Waals surface area (Å²) >= 11 is 3.50. The van der Waals surface area contributed by atoms with E-state index in [1.165, 1.54) is 0 Å². The van der Waals surface area contributed by atoms with E-state index in [1.54, 1.807) is 18.5 Å². The molecule has 26 heavy (non-hydrogen) atoms. The lowest BCUT2D eigenvalue weighted by Crippen LogP contribution is -2.28. The third-order valence-corrected chi connectivity index (χ3v) is 4.93. The van der Waals surface area contributed by atoms with Gasteiger partial charge in [-0.05, 0) is 59.6 Å². The summed E-state index contributed by atoms with van der Waals surface area (Å²) in [6.45, 7) is 3.90. The molecule has 0 saturated carbocycles. The van der Waals surface area contributed by atoms with Crippen LogP contribution in [0.1, 0.15) is 25.1 Å². The number of para-hydroxylation sites is 1. The van der Waals surface area contributed by atoms with Crippen LogP contribution < -0.4 is 5.32 Å². The van der Waals surface area contributed by atoms with Crippen LogP contribution in [0.15, 0.2) is 59.2 Å². The van der Waals surface area contributed by atoms with Crippen molar-refractivity contribution >= 4 is 27.6 Å². The first-order chi connectivity index (χ1) is 12.4. The molecular weight excluding hydrogens is 396 g/mol. The number of benzene rings is 2. The van der Waals surface area contributed by atoms with Gasteiger partial charge in [-0.1, -0.05) is 29.5 Å². The summed E-state index contributed by atoms with van der Waals surface area (Å²) in [6.07, 6.45) is 1.87. The van der Waals surface area contributed by atoms with Crippen LogP contribution in [-0.4, -0.2) is 26.1 Å². The highest BCUT2D eigenvalue weighted by Gasteiger charge is 2.29. The molecular formula is C19H19BrN4O2. The van der Waals surface area contributed by atoms with Crippen LogP contribution in [0.3, 0.4) is 0 Å². The Kier molecular flexibility index (Phi) is 5.08. The van der Waals surface area contributed by atoms with Gasteiger partial charge in [-0.2, -0.15) is 0 Å². The van der Waals surface area contributed by atoms with E-state index in [0.717, 1.165) is 27.1 Å². The summed E-state index contributed by atoms with van der Waals surface area (Å²) in [4.78, 5) is 11.3. The van der Waals surface area contributed by atoms with Crippen LogP contribution in [0.4, 0.5) is 5.69 Å². The molecule has 0 fully saturated rings. The van der Waals surface area contributed by atoms with Gasteiger partial charge in [0, 0.05) is 10.2 Å². The standard InChI is InChI=1S/C19H19BrN4O2/c1-19(2,18(25)26)13-7-9-14(10-8-13)21-11-15-12-24(23-22-15)17-6-4-3-5-16(17)20/h3-10,12,21H,11H2,1-2H3,(H,25,26). The van der Waals surface area contributed by atoms with Crippen LogP contribution in [0, 0.1) is 0 Å². The maximum absolute atomic E-state index is 11.3. The largest absolute Gasteiger partial charge is 0.481 e. The molecule has 2 N–H and O–H groups in total. The highest BCUT2D eigenvalue weighted by molar-refractivity contribution is 9.10. The average molecular weight is 415 g/mol. The van der Waals surface area contributed by atoms with E-state index < -0.39 is 11.4 Å². The molecule has 6 nitrogen and oxygen atoms in total. The molecule has 0 bridgehead atoms. The predicted molar refractivity (Wildman–Crippen MR) is 103 cm³/mol. The first kappa shape index (κ1) is 18.1. The number of anilines is 1. The summed E-state index contributed by atoms with van der Waals surface area (Å²) in [5.74, 6) is -0.845. The van der Waals surface area contributed by atoms with Crippen molar-refractivity contribution in [1.82, 2.24) is 15.0 Å². The first-order valence-corrected chi connectivity index (χ1v) is 8.91. The van der Waals surface area contributed by atoms with E-state index in [2.05, 4.69) is 31.6 Å². The summed E-state index contributed by atoms with van der Waals surface area (Å²) in [5, 5.41) is 20.9. The number of halogens is 1. The third kappa shape index (κ3) is 3.77. The van der Waals surface area contributed by atoms with E-state index in [4.69, 9.17) is 0 Å². The van der Waals surface area contributed by atoms with E-state index in [1.807, 2.05) is 54.7 Å². The van der Waals surface area contributed by atoms with E-state index in [9.17, 15) is 9.90 Å². The molecule has 3 rings (SSSR count). The molecule has 7 heteroatoms. The Morgan fingerprint density at radius 1 is 1.19 bits per heavy atom. The van der Waals surface area contributed by atoms with Gasteiger partial charge in [0.05, 0.1) is 23.8 Å². The second kappa shape index (κ2) is 7.29. The zero-order valence-electron chi connectivity index (χ0n) is 14.5. The van der Waals surface area contributed by atoms with Crippen molar-refractivity contribution in [3.63, 3.8) is 0 Å². The molecule has 3 aromatic rings. The summed E-state index contributed by atoms with van der Waals surface area (Å²) in [6, 6.07) is 15.2. The minimum absolute atomic E-state index is 0.520. The number of aliphatic carboxylic acids is 1. The number of hydrogen-bond acceptors (Lipinski definition) is 4. The topological polar surface area (TPSA) is 80.0 Å². The number of carboxylic acid groups (broad SMARTS) is 1. The maximum Gasteiger partial charge on any atom is 0.313 e. The lowest BCUT2D eigenvalue weighted by molar-refractivity contribution is -0.142. The van der Waals surface area contributed by atoms with Gasteiger partial charge in [-0.15, -0.1) is 5.10 Å². The molecule has 1 heterocycles. The van der Waals surface area contributed by atoms with Crippen LogP contribution >= 0.6 is 15.9 Å². The molecule has 0 aliphatic heterocycles. The van der Waals surface area contributed by atoms with E-state index >= 15 is 0 Å². The normalized spacial score (nSPS) is 11.3. The predicted octanol–water partition coefficient (Wildman–Crippen LogP) is 4.00. The van der Waals surface area contributed by atoms with Crippen LogP contribution in [-0.2, 0) is 16.8 Å². The van der Waals surface area contributed by atoms with Crippen LogP contribution in [0.2, 0.25) is 0 Å². The van der Waals surface area contributed by atoms with Gasteiger partial charge in [0.15, 0.2) is 0 Å². The highest BCUT2D eigenvalue weighted by atomic mass is 79.9. The Morgan fingerprint density at radius 3 is 2.54 bits per heavy atom. The SMILES string of the molecule is CC(C)(C(=O)O)c1ccc(NCc2cn(-c3ccccc3Br)nn2)cc1. The molecule has 2 aromatic carbocycles. The zero-order valence-corrected chi connectivity index (χ0v) is 16.1. The van der Waals surface area contributed by atoms with Crippen molar-refractivity contribution in [2.75, 3.05) is 5.32 Å². The molecule has 0 saturated heterocycles. The van der Waals surface area contributed by atoms with Gasteiger partial charge in [0.1, 0.15) is 5.69 Å². The number of carboxylic acids is 1. The van der Waals surface area contributed by atoms with E-state index in [0.29, 0.717) is 6.54 Å². The minimum atomic E-state index is -0.912. The quantitative estimate of drug-likeness (QED) is 0.636. The molecule has 0 aliphatic carbocycles. The molecule has 1 aromatic heterocycles. The summed E-state index contributed by atoms with van der Waals surface area (Å²) in [7, 11) is 0. The number of carbonyl (C=O) groups is 1. The first-order valence-electron chi connectivity index (χ1n) is 8.12. The Balaban J connectivity index is 1.67. The second-order valence-corrected chi connectivity index (χ2v) is 7.32. The fourth-order valence-corrected chi connectivity index (χ4v) is 2.92. The number of nitrogens with one attached hydrogen (secondary N) is 1. The fraction of sp³-hybridized carbons (Fsp3) is 0.211. The monoisotopic (exact) mass is 414 g/mol. The molecule has 0 unspecified atom stereocenters. The van der Waals surface area contributed by atoms with Gasteiger partial charge in [-0.25, -0.2) is 4.68 Å². The van der Waals surface area contributed by atoms with Crippen LogP contribution in [0.25, 0.3) is 5.69 Å². The Labute approximate surface area is 160 Å². The summed E-state index contributed by atoms with van der Waals surface area (Å²) in [5.41, 5.74) is 2.47. The van der Waals surface area contributed by atoms with Crippen molar-refractivity contribution < 1.29 is 9.90 Å². The number of hydrogen-bond donors (Lipinski definition) is 2. The molecule has 134 valence electrons. The Bertz CT molecular complexity index is 919. The smallest absolute Gasteiger partial charge is 0.313 e. The fourth-order valence-electron chi connectivity index (χ4n) is 2.46. The van der Waals surface area contributed by atoms with Gasteiger partial charge in [0.25, 0.3) is 0 Å². The second-order valence-electron chi connectivity index (χ2n) is 6.47. The summed E-state index contributed by atoms with van der Waals surface area (Å²) < 4.78 is 2.67. The van der Waals surface area contributed by atoms with Crippen molar-refractivity contribution in [3.05, 3.63) is 70.5 Å². The lowest BCUT2D eigenvalue weighted by atomic mass is 9.85. The molecule has 0 radical (unpaired) electrons. The molecule has 0 spiro atoms. The van der Waals surface area contributed by atoms with Crippen molar-refractivity contribution in [3.8, 4) is 5.69 Å². The van der Waals surface area contributed by atoms with Gasteiger partial charge >= 0.3 is 5.97 Å². The van der Waals surface area contributed by atoms with Gasteiger partial charge in [-0.3, -0.25) is 4.79 Å². The van der Waals surface area contributed by atoms with Crippen molar-refractivity contribution in [2.24, 2.45) is 0 Å². The average Bonchev–Trinajstić information content (AvgIpc) is 3.09. The highest BCUT2D eigenvalue weighted by Crippen LogP contribution is 2.25.